The van der Waals surface area contributed by atoms with Gasteiger partial charge in [0.15, 0.2) is 23.9 Å². The molecule has 33 heavy (non-hydrogen) atoms. The summed E-state index contributed by atoms with van der Waals surface area (Å²) in [7, 11) is 1.45. The van der Waals surface area contributed by atoms with Gasteiger partial charge in [0.2, 0.25) is 0 Å². The van der Waals surface area contributed by atoms with Gasteiger partial charge in [-0.1, -0.05) is 42.5 Å². The molecule has 0 saturated heterocycles. The number of ether oxygens (including phenoxy) is 2. The first-order chi connectivity index (χ1) is 16.0. The number of hydrogen-bond donors (Lipinski definition) is 1. The van der Waals surface area contributed by atoms with Crippen LogP contribution in [-0.4, -0.2) is 40.7 Å². The van der Waals surface area contributed by atoms with Crippen molar-refractivity contribution in [1.29, 1.82) is 0 Å². The molecule has 4 aromatic rings. The zero-order chi connectivity index (χ0) is 23.4. The average Bonchev–Trinajstić information content (AvgIpc) is 2.82. The van der Waals surface area contributed by atoms with Gasteiger partial charge in [0.25, 0.3) is 5.56 Å². The number of methoxy groups -OCH3 is 1. The highest BCUT2D eigenvalue weighted by atomic mass is 79.9. The molecule has 1 N–H and O–H groups in total. The average molecular weight is 508 g/mol. The second-order valence-electron chi connectivity index (χ2n) is 6.90. The van der Waals surface area contributed by atoms with Gasteiger partial charge in [-0.15, -0.1) is 0 Å². The van der Waals surface area contributed by atoms with E-state index in [1.165, 1.54) is 18.0 Å². The summed E-state index contributed by atoms with van der Waals surface area (Å²) in [4.78, 5) is 28.7. The van der Waals surface area contributed by atoms with Gasteiger partial charge in [0.1, 0.15) is 0 Å². The number of carbonyl (C=O) groups is 1. The molecule has 0 radical (unpaired) electrons. The highest BCUT2D eigenvalue weighted by Crippen LogP contribution is 2.36. The topological polar surface area (TPSA) is 103 Å². The Balaban J connectivity index is 1.81. The van der Waals surface area contributed by atoms with Gasteiger partial charge in [-0.2, -0.15) is 9.78 Å². The van der Waals surface area contributed by atoms with Crippen molar-refractivity contribution in [2.75, 3.05) is 13.7 Å². The number of aromatic nitrogens is 2. The lowest BCUT2D eigenvalue weighted by Crippen LogP contribution is -2.20. The summed E-state index contributed by atoms with van der Waals surface area (Å²) < 4.78 is 12.4. The van der Waals surface area contributed by atoms with Crippen molar-refractivity contribution >= 4 is 39.0 Å². The molecule has 0 aliphatic heterocycles. The summed E-state index contributed by atoms with van der Waals surface area (Å²) in [5.74, 6) is -0.125. The van der Waals surface area contributed by atoms with E-state index in [4.69, 9.17) is 14.6 Å². The van der Waals surface area contributed by atoms with Crippen LogP contribution >= 0.6 is 15.9 Å². The molecule has 3 aromatic carbocycles. The largest absolute Gasteiger partial charge is 0.493 e. The number of rotatable bonds is 7. The monoisotopic (exact) mass is 507 g/mol. The zero-order valence-electron chi connectivity index (χ0n) is 17.4. The highest BCUT2D eigenvalue weighted by Gasteiger charge is 2.14. The van der Waals surface area contributed by atoms with E-state index in [0.717, 1.165) is 5.56 Å². The molecule has 1 aromatic heterocycles. The molecule has 8 nitrogen and oxygen atoms in total. The fourth-order valence-electron chi connectivity index (χ4n) is 3.22. The van der Waals surface area contributed by atoms with Crippen LogP contribution in [0, 0.1) is 0 Å². The van der Waals surface area contributed by atoms with E-state index in [2.05, 4.69) is 26.0 Å². The first-order valence-electron chi connectivity index (χ1n) is 9.81. The van der Waals surface area contributed by atoms with Gasteiger partial charge in [0, 0.05) is 5.56 Å². The summed E-state index contributed by atoms with van der Waals surface area (Å²) in [6.07, 6.45) is 1.50. The predicted octanol–water partition coefficient (Wildman–Crippen LogP) is 4.18. The molecule has 0 aliphatic carbocycles. The molecule has 0 atom stereocenters. The standard InChI is InChI=1S/C24H18BrN3O5/c1-32-20-12-15(11-18(25)22(20)33-14-21(29)30)13-26-28-23(16-7-3-2-4-8-16)27-19-10-6-5-9-17(19)24(28)31/h2-13H,14H2,1H3,(H,29,30). The lowest BCUT2D eigenvalue weighted by atomic mass is 10.2. The van der Waals surface area contributed by atoms with Crippen molar-refractivity contribution in [1.82, 2.24) is 9.66 Å². The maximum atomic E-state index is 13.2. The number of hydrogen-bond acceptors (Lipinski definition) is 6. The lowest BCUT2D eigenvalue weighted by molar-refractivity contribution is -0.139. The van der Waals surface area contributed by atoms with E-state index in [1.807, 2.05) is 36.4 Å². The minimum absolute atomic E-state index is 0.256. The fraction of sp³-hybridized carbons (Fsp3) is 0.0833. The van der Waals surface area contributed by atoms with Gasteiger partial charge < -0.3 is 14.6 Å². The van der Waals surface area contributed by atoms with Crippen LogP contribution in [-0.2, 0) is 4.79 Å². The van der Waals surface area contributed by atoms with Crippen molar-refractivity contribution in [3.05, 3.63) is 87.1 Å². The number of aliphatic carboxylic acids is 1. The second kappa shape index (κ2) is 9.66. The summed E-state index contributed by atoms with van der Waals surface area (Å²) in [5, 5.41) is 13.8. The third kappa shape index (κ3) is 4.78. The van der Waals surface area contributed by atoms with Crippen LogP contribution in [0.2, 0.25) is 0 Å². The number of benzene rings is 3. The van der Waals surface area contributed by atoms with E-state index < -0.39 is 12.6 Å². The minimum Gasteiger partial charge on any atom is -0.493 e. The zero-order valence-corrected chi connectivity index (χ0v) is 19.0. The molecule has 9 heteroatoms. The Morgan fingerprint density at radius 2 is 1.88 bits per heavy atom. The third-order valence-corrected chi connectivity index (χ3v) is 5.29. The van der Waals surface area contributed by atoms with Crippen LogP contribution in [0.15, 0.2) is 81.1 Å². The molecule has 0 bridgehead atoms. The van der Waals surface area contributed by atoms with Gasteiger partial charge >= 0.3 is 5.97 Å². The van der Waals surface area contributed by atoms with Crippen LogP contribution < -0.4 is 15.0 Å². The van der Waals surface area contributed by atoms with Gasteiger partial charge in [0.05, 0.1) is 28.7 Å². The first kappa shape index (κ1) is 22.2. The van der Waals surface area contributed by atoms with Gasteiger partial charge in [-0.25, -0.2) is 9.78 Å². The smallest absolute Gasteiger partial charge is 0.341 e. The SMILES string of the molecule is COc1cc(C=Nn2c(-c3ccccc3)nc3ccccc3c2=O)cc(Br)c1OCC(=O)O. The van der Waals surface area contributed by atoms with E-state index in [1.54, 1.807) is 30.3 Å². The van der Waals surface area contributed by atoms with Crippen molar-refractivity contribution in [3.63, 3.8) is 0 Å². The Labute approximate surface area is 196 Å². The summed E-state index contributed by atoms with van der Waals surface area (Å²) >= 11 is 3.37. The van der Waals surface area contributed by atoms with E-state index >= 15 is 0 Å². The number of halogens is 1. The van der Waals surface area contributed by atoms with E-state index in [9.17, 15) is 9.59 Å². The highest BCUT2D eigenvalue weighted by molar-refractivity contribution is 9.10. The first-order valence-corrected chi connectivity index (χ1v) is 10.6. The Morgan fingerprint density at radius 1 is 1.15 bits per heavy atom. The fourth-order valence-corrected chi connectivity index (χ4v) is 3.79. The summed E-state index contributed by atoms with van der Waals surface area (Å²) in [6.45, 7) is -0.513. The Bertz CT molecular complexity index is 1420. The third-order valence-electron chi connectivity index (χ3n) is 4.70. The molecule has 0 amide bonds. The molecule has 1 heterocycles. The molecule has 4 rings (SSSR count). The van der Waals surface area contributed by atoms with E-state index in [0.29, 0.717) is 32.5 Å². The predicted molar refractivity (Wildman–Crippen MR) is 128 cm³/mol. The Hall–Kier alpha value is -3.98. The van der Waals surface area contributed by atoms with Crippen LogP contribution in [0.25, 0.3) is 22.3 Å². The van der Waals surface area contributed by atoms with E-state index in [-0.39, 0.29) is 11.3 Å². The maximum Gasteiger partial charge on any atom is 0.341 e. The number of nitrogens with zero attached hydrogens (tertiary/aromatic N) is 3. The molecule has 0 fully saturated rings. The van der Waals surface area contributed by atoms with Crippen LogP contribution in [0.4, 0.5) is 0 Å². The minimum atomic E-state index is -1.11. The summed E-state index contributed by atoms with van der Waals surface area (Å²) in [5.41, 5.74) is 1.62. The normalized spacial score (nSPS) is 11.1. The molecular formula is C24H18BrN3O5. The number of carboxylic acids is 1. The maximum absolute atomic E-state index is 13.2. The lowest BCUT2D eigenvalue weighted by Gasteiger charge is -2.12. The molecular weight excluding hydrogens is 490 g/mol. The van der Waals surface area contributed by atoms with Crippen LogP contribution in [0.1, 0.15) is 5.56 Å². The second-order valence-corrected chi connectivity index (χ2v) is 7.75. The van der Waals surface area contributed by atoms with Crippen LogP contribution in [0.5, 0.6) is 11.5 Å². The van der Waals surface area contributed by atoms with Gasteiger partial charge in [-0.3, -0.25) is 4.79 Å². The van der Waals surface area contributed by atoms with Crippen molar-refractivity contribution in [2.24, 2.45) is 5.10 Å². The number of carboxylic acid groups (broad SMARTS) is 1. The van der Waals surface area contributed by atoms with Crippen molar-refractivity contribution < 1.29 is 19.4 Å². The summed E-state index contributed by atoms with van der Waals surface area (Å²) in [6, 6.07) is 19.7. The van der Waals surface area contributed by atoms with Crippen molar-refractivity contribution in [2.45, 2.75) is 0 Å². The number of para-hydroxylation sites is 1. The number of fused-ring (bicyclic) bond motifs is 1. The van der Waals surface area contributed by atoms with Crippen LogP contribution in [0.3, 0.4) is 0 Å². The molecule has 0 saturated carbocycles. The quantitative estimate of drug-likeness (QED) is 0.376. The van der Waals surface area contributed by atoms with Gasteiger partial charge in [-0.05, 0) is 45.8 Å². The molecule has 0 unspecified atom stereocenters. The Morgan fingerprint density at radius 3 is 2.61 bits per heavy atom. The molecule has 0 spiro atoms. The van der Waals surface area contributed by atoms with Crippen molar-refractivity contribution in [3.8, 4) is 22.9 Å². The Kier molecular flexibility index (Phi) is 6.50. The molecule has 0 aliphatic rings. The molecule has 166 valence electrons.